The topological polar surface area (TPSA) is 52.6 Å². The second kappa shape index (κ2) is 4.80. The molecule has 0 aromatic heterocycles. The summed E-state index contributed by atoms with van der Waals surface area (Å²) in [6.07, 6.45) is -6.77. The van der Waals surface area contributed by atoms with Gasteiger partial charge in [0.05, 0.1) is 0 Å². The molecule has 0 bridgehead atoms. The molecule has 0 radical (unpaired) electrons. The molecule has 1 unspecified atom stereocenters. The second-order valence-electron chi connectivity index (χ2n) is 2.02. The average molecular weight is 200 g/mol. The molecule has 1 atom stereocenters. The molecule has 0 aromatic carbocycles. The number of halogens is 3. The predicted molar refractivity (Wildman–Crippen MR) is 33.9 cm³/mol. The standard InChI is InChI=1S/C6H7F3O4/c1-12-4(2-13-3-10)5(11)6(7,8)9/h3-4H,2H2,1H3. The fraction of sp³-hybridized carbons (Fsp3) is 0.667. The first-order valence-corrected chi connectivity index (χ1v) is 3.12. The van der Waals surface area contributed by atoms with Gasteiger partial charge in [0.2, 0.25) is 0 Å². The van der Waals surface area contributed by atoms with Crippen LogP contribution in [0.25, 0.3) is 0 Å². The van der Waals surface area contributed by atoms with Crippen molar-refractivity contribution < 1.29 is 32.2 Å². The lowest BCUT2D eigenvalue weighted by Crippen LogP contribution is -2.38. The highest BCUT2D eigenvalue weighted by Gasteiger charge is 2.43. The molecular formula is C6H7F3O4. The van der Waals surface area contributed by atoms with E-state index in [0.29, 0.717) is 0 Å². The molecule has 0 rings (SSSR count). The molecule has 13 heavy (non-hydrogen) atoms. The SMILES string of the molecule is COC(COC=O)C(=O)C(F)(F)F. The zero-order chi connectivity index (χ0) is 10.5. The number of Topliss-reactive ketones (excluding diaryl/α,β-unsaturated/α-hetero) is 1. The minimum Gasteiger partial charge on any atom is -0.465 e. The van der Waals surface area contributed by atoms with Gasteiger partial charge in [-0.25, -0.2) is 0 Å². The van der Waals surface area contributed by atoms with E-state index in [-0.39, 0.29) is 6.47 Å². The Balaban J connectivity index is 4.23. The summed E-state index contributed by atoms with van der Waals surface area (Å²) in [5, 5.41) is 0. The molecule has 76 valence electrons. The van der Waals surface area contributed by atoms with Gasteiger partial charge < -0.3 is 9.47 Å². The summed E-state index contributed by atoms with van der Waals surface area (Å²) < 4.78 is 43.4. The van der Waals surface area contributed by atoms with Crippen LogP contribution in [0.5, 0.6) is 0 Å². The highest BCUT2D eigenvalue weighted by molar-refractivity contribution is 5.88. The van der Waals surface area contributed by atoms with Crippen LogP contribution in [-0.4, -0.2) is 38.3 Å². The van der Waals surface area contributed by atoms with E-state index in [1.807, 2.05) is 0 Å². The summed E-state index contributed by atoms with van der Waals surface area (Å²) in [4.78, 5) is 20.1. The molecule has 0 aromatic rings. The monoisotopic (exact) mass is 200 g/mol. The molecule has 0 aliphatic heterocycles. The number of rotatable bonds is 5. The number of methoxy groups -OCH3 is 1. The molecule has 4 nitrogen and oxygen atoms in total. The maximum absolute atomic E-state index is 11.7. The van der Waals surface area contributed by atoms with Crippen LogP contribution >= 0.6 is 0 Å². The van der Waals surface area contributed by atoms with E-state index in [1.165, 1.54) is 0 Å². The van der Waals surface area contributed by atoms with E-state index in [9.17, 15) is 22.8 Å². The molecule has 0 spiro atoms. The van der Waals surface area contributed by atoms with Crippen molar-refractivity contribution >= 4 is 12.3 Å². The summed E-state index contributed by atoms with van der Waals surface area (Å²) in [7, 11) is 0.919. The Kier molecular flexibility index (Phi) is 4.39. The fourth-order valence-corrected chi connectivity index (χ4v) is 0.560. The number of carbonyl (C=O) groups is 2. The molecular weight excluding hydrogens is 193 g/mol. The van der Waals surface area contributed by atoms with E-state index < -0.39 is 24.7 Å². The minimum atomic E-state index is -4.98. The van der Waals surface area contributed by atoms with Crippen LogP contribution in [-0.2, 0) is 19.1 Å². The lowest BCUT2D eigenvalue weighted by Gasteiger charge is -2.14. The van der Waals surface area contributed by atoms with E-state index >= 15 is 0 Å². The van der Waals surface area contributed by atoms with Gasteiger partial charge in [-0.15, -0.1) is 0 Å². The average Bonchev–Trinajstić information content (AvgIpc) is 2.04. The van der Waals surface area contributed by atoms with Gasteiger partial charge in [-0.3, -0.25) is 9.59 Å². The Morgan fingerprint density at radius 1 is 1.54 bits per heavy atom. The first-order chi connectivity index (χ1) is 5.93. The number of carbonyl (C=O) groups excluding carboxylic acids is 2. The first-order valence-electron chi connectivity index (χ1n) is 3.12. The van der Waals surface area contributed by atoms with Crippen LogP contribution in [0.4, 0.5) is 13.2 Å². The summed E-state index contributed by atoms with van der Waals surface area (Å²) in [6.45, 7) is -0.798. The van der Waals surface area contributed by atoms with Gasteiger partial charge in [-0.2, -0.15) is 13.2 Å². The highest BCUT2D eigenvalue weighted by Crippen LogP contribution is 2.19. The van der Waals surface area contributed by atoms with Crippen molar-refractivity contribution in [3.05, 3.63) is 0 Å². The van der Waals surface area contributed by atoms with Crippen molar-refractivity contribution in [2.24, 2.45) is 0 Å². The molecule has 0 aliphatic carbocycles. The molecule has 7 heteroatoms. The van der Waals surface area contributed by atoms with Gasteiger partial charge >= 0.3 is 6.18 Å². The molecule has 0 saturated heterocycles. The third kappa shape index (κ3) is 3.88. The van der Waals surface area contributed by atoms with Gasteiger partial charge in [0.1, 0.15) is 6.61 Å². The minimum absolute atomic E-state index is 0.0598. The number of hydrogen-bond acceptors (Lipinski definition) is 4. The normalized spacial score (nSPS) is 13.5. The van der Waals surface area contributed by atoms with E-state index in [4.69, 9.17) is 0 Å². The Labute approximate surface area is 71.6 Å². The van der Waals surface area contributed by atoms with Crippen molar-refractivity contribution in [2.45, 2.75) is 12.3 Å². The quantitative estimate of drug-likeness (QED) is 0.599. The van der Waals surface area contributed by atoms with Crippen molar-refractivity contribution in [3.8, 4) is 0 Å². The number of alkyl halides is 3. The summed E-state index contributed by atoms with van der Waals surface area (Å²) in [6, 6.07) is 0. The smallest absolute Gasteiger partial charge is 0.452 e. The summed E-state index contributed by atoms with van der Waals surface area (Å²) in [5.41, 5.74) is 0. The second-order valence-corrected chi connectivity index (χ2v) is 2.02. The summed E-state index contributed by atoms with van der Waals surface area (Å²) in [5.74, 6) is -2.07. The van der Waals surface area contributed by atoms with E-state index in [2.05, 4.69) is 9.47 Å². The van der Waals surface area contributed by atoms with Crippen LogP contribution in [0, 0.1) is 0 Å². The van der Waals surface area contributed by atoms with Gasteiger partial charge in [0.25, 0.3) is 12.3 Å². The Hall–Kier alpha value is -1.11. The number of ether oxygens (including phenoxy) is 2. The lowest BCUT2D eigenvalue weighted by atomic mass is 10.2. The summed E-state index contributed by atoms with van der Waals surface area (Å²) >= 11 is 0. The van der Waals surface area contributed by atoms with Crippen molar-refractivity contribution in [1.29, 1.82) is 0 Å². The van der Waals surface area contributed by atoms with Crippen molar-refractivity contribution in [1.82, 2.24) is 0 Å². The van der Waals surface area contributed by atoms with Crippen LogP contribution in [0.2, 0.25) is 0 Å². The maximum Gasteiger partial charge on any atom is 0.452 e. The first kappa shape index (κ1) is 11.9. The number of ketones is 1. The van der Waals surface area contributed by atoms with E-state index in [1.54, 1.807) is 0 Å². The predicted octanol–water partition coefficient (Wildman–Crippen LogP) is 0.306. The molecule has 0 saturated carbocycles. The van der Waals surface area contributed by atoms with Crippen LogP contribution in [0.1, 0.15) is 0 Å². The lowest BCUT2D eigenvalue weighted by molar-refractivity contribution is -0.184. The molecule has 0 fully saturated rings. The van der Waals surface area contributed by atoms with Gasteiger partial charge in [0.15, 0.2) is 6.10 Å². The molecule has 0 N–H and O–H groups in total. The zero-order valence-corrected chi connectivity index (χ0v) is 6.63. The van der Waals surface area contributed by atoms with E-state index in [0.717, 1.165) is 7.11 Å². The fourth-order valence-electron chi connectivity index (χ4n) is 0.560. The number of hydrogen-bond donors (Lipinski definition) is 0. The Morgan fingerprint density at radius 3 is 2.38 bits per heavy atom. The third-order valence-corrected chi connectivity index (χ3v) is 1.17. The van der Waals surface area contributed by atoms with Crippen molar-refractivity contribution in [2.75, 3.05) is 13.7 Å². The molecule has 0 heterocycles. The maximum atomic E-state index is 11.7. The van der Waals surface area contributed by atoms with Gasteiger partial charge in [-0.05, 0) is 0 Å². The highest BCUT2D eigenvalue weighted by atomic mass is 19.4. The Morgan fingerprint density at radius 2 is 2.08 bits per heavy atom. The Bertz CT molecular complexity index is 189. The molecule has 0 amide bonds. The third-order valence-electron chi connectivity index (χ3n) is 1.17. The van der Waals surface area contributed by atoms with Crippen molar-refractivity contribution in [3.63, 3.8) is 0 Å². The molecule has 0 aliphatic rings. The van der Waals surface area contributed by atoms with Crippen LogP contribution in [0.3, 0.4) is 0 Å². The van der Waals surface area contributed by atoms with Crippen LogP contribution in [0.15, 0.2) is 0 Å². The largest absolute Gasteiger partial charge is 0.465 e. The van der Waals surface area contributed by atoms with Gasteiger partial charge in [-0.1, -0.05) is 0 Å². The zero-order valence-electron chi connectivity index (χ0n) is 6.63. The van der Waals surface area contributed by atoms with Crippen LogP contribution < -0.4 is 0 Å². The van der Waals surface area contributed by atoms with Gasteiger partial charge in [0, 0.05) is 7.11 Å².